The third-order valence-electron chi connectivity index (χ3n) is 2.61. The fourth-order valence-electron chi connectivity index (χ4n) is 1.65. The molecule has 0 saturated heterocycles. The smallest absolute Gasteiger partial charge is 0.262 e. The molecule has 2 aromatic carbocycles. The lowest BCUT2D eigenvalue weighted by molar-refractivity contribution is 0.417. The number of anilines is 2. The summed E-state index contributed by atoms with van der Waals surface area (Å²) in [5.41, 5.74) is 6.30. The van der Waals surface area contributed by atoms with Crippen LogP contribution in [-0.4, -0.2) is 15.5 Å². The third kappa shape index (κ3) is 2.97. The molecule has 0 radical (unpaired) electrons. The number of ether oxygens (including phenoxy) is 1. The Hall–Kier alpha value is -1.92. The summed E-state index contributed by atoms with van der Waals surface area (Å²) in [5.74, 6) is 0.271. The van der Waals surface area contributed by atoms with Gasteiger partial charge < -0.3 is 10.5 Å². The first-order valence-electron chi connectivity index (χ1n) is 5.65. The van der Waals surface area contributed by atoms with Gasteiger partial charge in [-0.05, 0) is 36.4 Å². The van der Waals surface area contributed by atoms with E-state index in [0.717, 1.165) is 0 Å². The van der Waals surface area contributed by atoms with Gasteiger partial charge in [0, 0.05) is 5.69 Å². The number of nitrogens with two attached hydrogens (primary N) is 1. The Morgan fingerprint density at radius 3 is 2.40 bits per heavy atom. The molecule has 0 spiro atoms. The third-order valence-corrected chi connectivity index (χ3v) is 4.28. The van der Waals surface area contributed by atoms with Crippen LogP contribution in [0.1, 0.15) is 0 Å². The van der Waals surface area contributed by atoms with Crippen LogP contribution in [0.25, 0.3) is 0 Å². The van der Waals surface area contributed by atoms with Gasteiger partial charge in [-0.25, -0.2) is 8.42 Å². The summed E-state index contributed by atoms with van der Waals surface area (Å²) in [7, 11) is -2.30. The molecule has 2 rings (SSSR count). The molecule has 5 nitrogen and oxygen atoms in total. The van der Waals surface area contributed by atoms with E-state index in [2.05, 4.69) is 4.72 Å². The molecule has 20 heavy (non-hydrogen) atoms. The molecular weight excluding hydrogens is 300 g/mol. The van der Waals surface area contributed by atoms with Crippen molar-refractivity contribution >= 4 is 33.0 Å². The lowest BCUT2D eigenvalue weighted by Crippen LogP contribution is -2.13. The van der Waals surface area contributed by atoms with Gasteiger partial charge in [0.15, 0.2) is 5.75 Å². The second kappa shape index (κ2) is 5.60. The standard InChI is InChI=1S/C13H13ClN2O3S/c1-19-13-11(14)3-2-4-12(13)16-20(17,18)10-7-5-9(15)6-8-10/h2-8,16H,15H2,1H3. The molecule has 3 N–H and O–H groups in total. The van der Waals surface area contributed by atoms with Crippen LogP contribution in [0.5, 0.6) is 5.75 Å². The molecule has 0 aliphatic heterocycles. The zero-order chi connectivity index (χ0) is 14.8. The number of hydrogen-bond acceptors (Lipinski definition) is 4. The van der Waals surface area contributed by atoms with Gasteiger partial charge in [0.25, 0.3) is 10.0 Å². The van der Waals surface area contributed by atoms with Crippen LogP contribution in [0.2, 0.25) is 5.02 Å². The predicted molar refractivity (Wildman–Crippen MR) is 79.7 cm³/mol. The van der Waals surface area contributed by atoms with Crippen LogP contribution >= 0.6 is 11.6 Å². The average molecular weight is 313 g/mol. The highest BCUT2D eigenvalue weighted by atomic mass is 35.5. The fraction of sp³-hybridized carbons (Fsp3) is 0.0769. The largest absolute Gasteiger partial charge is 0.493 e. The second-order valence-electron chi connectivity index (χ2n) is 4.00. The van der Waals surface area contributed by atoms with Gasteiger partial charge in [-0.15, -0.1) is 0 Å². The van der Waals surface area contributed by atoms with E-state index in [9.17, 15) is 8.42 Å². The number of halogens is 1. The van der Waals surface area contributed by atoms with Crippen LogP contribution in [0.4, 0.5) is 11.4 Å². The quantitative estimate of drug-likeness (QED) is 0.851. The van der Waals surface area contributed by atoms with Crippen LogP contribution < -0.4 is 15.2 Å². The fourth-order valence-corrected chi connectivity index (χ4v) is 2.96. The summed E-state index contributed by atoms with van der Waals surface area (Å²) in [6.07, 6.45) is 0. The van der Waals surface area contributed by atoms with Gasteiger partial charge >= 0.3 is 0 Å². The van der Waals surface area contributed by atoms with Crippen LogP contribution in [0, 0.1) is 0 Å². The van der Waals surface area contributed by atoms with Crippen molar-refractivity contribution in [3.63, 3.8) is 0 Å². The first kappa shape index (κ1) is 14.5. The van der Waals surface area contributed by atoms with Gasteiger partial charge in [-0.1, -0.05) is 17.7 Å². The van der Waals surface area contributed by atoms with Gasteiger partial charge in [-0.3, -0.25) is 4.72 Å². The number of nitrogens with one attached hydrogen (secondary N) is 1. The van der Waals surface area contributed by atoms with Crippen LogP contribution in [-0.2, 0) is 10.0 Å². The van der Waals surface area contributed by atoms with E-state index >= 15 is 0 Å². The minimum absolute atomic E-state index is 0.105. The average Bonchev–Trinajstić information content (AvgIpc) is 2.39. The summed E-state index contributed by atoms with van der Waals surface area (Å²) in [6.45, 7) is 0. The molecule has 7 heteroatoms. The van der Waals surface area contributed by atoms with E-state index in [0.29, 0.717) is 10.7 Å². The highest BCUT2D eigenvalue weighted by Crippen LogP contribution is 2.33. The molecule has 0 saturated carbocycles. The maximum Gasteiger partial charge on any atom is 0.262 e. The van der Waals surface area contributed by atoms with Crippen molar-refractivity contribution in [2.75, 3.05) is 17.6 Å². The molecule has 106 valence electrons. The van der Waals surface area contributed by atoms with E-state index in [1.54, 1.807) is 18.2 Å². The molecule has 2 aromatic rings. The first-order chi connectivity index (χ1) is 9.44. The van der Waals surface area contributed by atoms with Crippen LogP contribution in [0.3, 0.4) is 0 Å². The lowest BCUT2D eigenvalue weighted by atomic mass is 10.3. The van der Waals surface area contributed by atoms with E-state index in [-0.39, 0.29) is 16.3 Å². The zero-order valence-electron chi connectivity index (χ0n) is 10.6. The second-order valence-corrected chi connectivity index (χ2v) is 6.08. The highest BCUT2D eigenvalue weighted by Gasteiger charge is 2.17. The molecule has 0 amide bonds. The Morgan fingerprint density at radius 1 is 1.15 bits per heavy atom. The predicted octanol–water partition coefficient (Wildman–Crippen LogP) is 2.73. The maximum atomic E-state index is 12.2. The summed E-state index contributed by atoms with van der Waals surface area (Å²) < 4.78 is 32.0. The zero-order valence-corrected chi connectivity index (χ0v) is 12.2. The normalized spacial score (nSPS) is 11.1. The summed E-state index contributed by atoms with van der Waals surface area (Å²) in [5, 5.41) is 0.324. The van der Waals surface area contributed by atoms with Gasteiger partial charge in [0.1, 0.15) is 0 Å². The van der Waals surface area contributed by atoms with Crippen molar-refractivity contribution in [2.24, 2.45) is 0 Å². The number of benzene rings is 2. The van der Waals surface area contributed by atoms with E-state index in [4.69, 9.17) is 22.1 Å². The summed E-state index contributed by atoms with van der Waals surface area (Å²) in [4.78, 5) is 0.105. The molecule has 0 heterocycles. The number of nitrogen functional groups attached to an aromatic ring is 1. The van der Waals surface area contributed by atoms with Crippen molar-refractivity contribution in [2.45, 2.75) is 4.90 Å². The van der Waals surface area contributed by atoms with Crippen molar-refractivity contribution in [1.29, 1.82) is 0 Å². The van der Waals surface area contributed by atoms with E-state index in [1.165, 1.54) is 31.4 Å². The van der Waals surface area contributed by atoms with E-state index < -0.39 is 10.0 Å². The Balaban J connectivity index is 2.38. The number of rotatable bonds is 4. The summed E-state index contributed by atoms with van der Waals surface area (Å²) >= 11 is 5.95. The van der Waals surface area contributed by atoms with Crippen molar-refractivity contribution < 1.29 is 13.2 Å². The number of hydrogen-bond donors (Lipinski definition) is 2. The van der Waals surface area contributed by atoms with Crippen molar-refractivity contribution in [3.8, 4) is 5.75 Å². The summed E-state index contributed by atoms with van der Waals surface area (Å²) in [6, 6.07) is 10.7. The van der Waals surface area contributed by atoms with Gasteiger partial charge in [0.05, 0.1) is 22.7 Å². The Morgan fingerprint density at radius 2 is 1.80 bits per heavy atom. The van der Waals surface area contributed by atoms with Gasteiger partial charge in [-0.2, -0.15) is 0 Å². The number of sulfonamides is 1. The maximum absolute atomic E-state index is 12.2. The van der Waals surface area contributed by atoms with Gasteiger partial charge in [0.2, 0.25) is 0 Å². The Kier molecular flexibility index (Phi) is 4.06. The molecule has 0 bridgehead atoms. The minimum atomic E-state index is -3.72. The lowest BCUT2D eigenvalue weighted by Gasteiger charge is -2.12. The molecule has 0 aliphatic carbocycles. The number of para-hydroxylation sites is 1. The molecular formula is C13H13ClN2O3S. The van der Waals surface area contributed by atoms with Crippen LogP contribution in [0.15, 0.2) is 47.4 Å². The first-order valence-corrected chi connectivity index (χ1v) is 7.51. The monoisotopic (exact) mass is 312 g/mol. The molecule has 0 aliphatic rings. The van der Waals surface area contributed by atoms with Crippen molar-refractivity contribution in [3.05, 3.63) is 47.5 Å². The Bertz CT molecular complexity index is 715. The molecule has 0 aromatic heterocycles. The van der Waals surface area contributed by atoms with Crippen molar-refractivity contribution in [1.82, 2.24) is 0 Å². The molecule has 0 unspecified atom stereocenters. The topological polar surface area (TPSA) is 81.4 Å². The minimum Gasteiger partial charge on any atom is -0.493 e. The highest BCUT2D eigenvalue weighted by molar-refractivity contribution is 7.92. The molecule has 0 atom stereocenters. The SMILES string of the molecule is COc1c(Cl)cccc1NS(=O)(=O)c1ccc(N)cc1. The number of methoxy groups -OCH3 is 1. The molecule has 0 fully saturated rings. The Labute approximate surface area is 122 Å². The van der Waals surface area contributed by atoms with E-state index in [1.807, 2.05) is 0 Å².